The lowest BCUT2D eigenvalue weighted by atomic mass is 9.73. The van der Waals surface area contributed by atoms with E-state index in [2.05, 4.69) is 5.32 Å². The van der Waals surface area contributed by atoms with Crippen molar-refractivity contribution in [3.63, 3.8) is 0 Å². The number of hydrogen-bond donors (Lipinski definition) is 3. The van der Waals surface area contributed by atoms with Gasteiger partial charge in [0.05, 0.1) is 10.4 Å². The van der Waals surface area contributed by atoms with E-state index in [1.54, 1.807) is 0 Å². The maximum Gasteiger partial charge on any atom is 0.240 e. The molecule has 0 radical (unpaired) electrons. The highest BCUT2D eigenvalue weighted by Crippen LogP contribution is 2.37. The second-order valence-electron chi connectivity index (χ2n) is 5.60. The van der Waals surface area contributed by atoms with Crippen LogP contribution >= 0.6 is 12.2 Å². The molecule has 0 aromatic carbocycles. The summed E-state index contributed by atoms with van der Waals surface area (Å²) in [7, 11) is 0. The fourth-order valence-electron chi connectivity index (χ4n) is 2.59. The highest BCUT2D eigenvalue weighted by molar-refractivity contribution is 7.80. The summed E-state index contributed by atoms with van der Waals surface area (Å²) in [5.41, 5.74) is 10.3. The Labute approximate surface area is 119 Å². The van der Waals surface area contributed by atoms with Crippen molar-refractivity contribution in [2.45, 2.75) is 52.0 Å². The average Bonchev–Trinajstić information content (AvgIpc) is 2.35. The Morgan fingerprint density at radius 3 is 2.05 bits per heavy atom. The first-order chi connectivity index (χ1) is 8.81. The summed E-state index contributed by atoms with van der Waals surface area (Å²) in [5, 5.41) is 2.73. The van der Waals surface area contributed by atoms with Crippen molar-refractivity contribution in [1.29, 1.82) is 0 Å². The van der Waals surface area contributed by atoms with Gasteiger partial charge in [-0.2, -0.15) is 0 Å². The van der Waals surface area contributed by atoms with E-state index in [4.69, 9.17) is 23.7 Å². The first-order valence-electron chi connectivity index (χ1n) is 6.71. The van der Waals surface area contributed by atoms with Crippen molar-refractivity contribution < 1.29 is 9.59 Å². The molecule has 19 heavy (non-hydrogen) atoms. The molecule has 1 unspecified atom stereocenters. The van der Waals surface area contributed by atoms with Crippen molar-refractivity contribution in [2.75, 3.05) is 0 Å². The highest BCUT2D eigenvalue weighted by atomic mass is 32.1. The molecule has 0 bridgehead atoms. The molecule has 0 aromatic heterocycles. The number of primary amides is 1. The van der Waals surface area contributed by atoms with E-state index < -0.39 is 17.4 Å². The second kappa shape index (κ2) is 6.32. The first-order valence-corrected chi connectivity index (χ1v) is 7.12. The van der Waals surface area contributed by atoms with Crippen LogP contribution in [0.5, 0.6) is 0 Å². The lowest BCUT2D eigenvalue weighted by molar-refractivity contribution is -0.133. The van der Waals surface area contributed by atoms with E-state index in [1.807, 2.05) is 13.8 Å². The molecular weight excluding hydrogens is 262 g/mol. The molecule has 2 amide bonds. The molecular formula is C13H23N3O2S. The van der Waals surface area contributed by atoms with Crippen LogP contribution < -0.4 is 16.8 Å². The Morgan fingerprint density at radius 1 is 1.16 bits per heavy atom. The van der Waals surface area contributed by atoms with Crippen LogP contribution in [-0.2, 0) is 9.59 Å². The van der Waals surface area contributed by atoms with Gasteiger partial charge in [-0.15, -0.1) is 0 Å². The third kappa shape index (κ3) is 3.43. The van der Waals surface area contributed by atoms with Crippen LogP contribution in [-0.4, -0.2) is 22.8 Å². The summed E-state index contributed by atoms with van der Waals surface area (Å²) in [5.74, 6) is -0.845. The van der Waals surface area contributed by atoms with Gasteiger partial charge in [-0.1, -0.05) is 45.3 Å². The Kier molecular flexibility index (Phi) is 5.29. The Balaban J connectivity index is 2.89. The van der Waals surface area contributed by atoms with Crippen molar-refractivity contribution in [3.8, 4) is 0 Å². The van der Waals surface area contributed by atoms with E-state index in [0.29, 0.717) is 12.8 Å². The largest absolute Gasteiger partial charge is 0.392 e. The SMILES string of the molecule is CC(C)C(NC(=O)C1(C(N)=S)CCCCC1)C(N)=O. The highest BCUT2D eigenvalue weighted by Gasteiger charge is 2.43. The van der Waals surface area contributed by atoms with Crippen LogP contribution in [0, 0.1) is 11.3 Å². The standard InChI is InChI=1S/C13H23N3O2S/c1-8(2)9(10(14)17)16-12(18)13(11(15)19)6-4-3-5-7-13/h8-9H,3-7H2,1-2H3,(H2,14,17)(H2,15,19)(H,16,18). The van der Waals surface area contributed by atoms with Crippen LogP contribution in [0.15, 0.2) is 0 Å². The van der Waals surface area contributed by atoms with E-state index >= 15 is 0 Å². The molecule has 5 nitrogen and oxygen atoms in total. The normalized spacial score (nSPS) is 19.7. The van der Waals surface area contributed by atoms with Crippen LogP contribution in [0.4, 0.5) is 0 Å². The fourth-order valence-corrected chi connectivity index (χ4v) is 2.88. The van der Waals surface area contributed by atoms with E-state index in [1.165, 1.54) is 0 Å². The fraction of sp³-hybridized carbons (Fsp3) is 0.769. The molecule has 1 saturated carbocycles. The maximum absolute atomic E-state index is 12.5. The van der Waals surface area contributed by atoms with Gasteiger partial charge in [-0.3, -0.25) is 9.59 Å². The summed E-state index contributed by atoms with van der Waals surface area (Å²) in [6.07, 6.45) is 4.23. The second-order valence-corrected chi connectivity index (χ2v) is 6.04. The number of carbonyl (C=O) groups is 2. The molecule has 0 spiro atoms. The van der Waals surface area contributed by atoms with E-state index in [9.17, 15) is 9.59 Å². The predicted octanol–water partition coefficient (Wildman–Crippen LogP) is 0.849. The van der Waals surface area contributed by atoms with E-state index in [-0.39, 0.29) is 16.8 Å². The summed E-state index contributed by atoms with van der Waals surface area (Å²) >= 11 is 5.09. The number of hydrogen-bond acceptors (Lipinski definition) is 3. The van der Waals surface area contributed by atoms with Crippen molar-refractivity contribution in [3.05, 3.63) is 0 Å². The Hall–Kier alpha value is -1.17. The van der Waals surface area contributed by atoms with Crippen LogP contribution in [0.25, 0.3) is 0 Å². The quantitative estimate of drug-likeness (QED) is 0.652. The van der Waals surface area contributed by atoms with Crippen LogP contribution in [0.2, 0.25) is 0 Å². The number of nitrogens with two attached hydrogens (primary N) is 2. The summed E-state index contributed by atoms with van der Waals surface area (Å²) in [6, 6.07) is -0.680. The molecule has 1 rings (SSSR count). The molecule has 1 aliphatic rings. The third-order valence-electron chi connectivity index (χ3n) is 3.87. The number of nitrogens with one attached hydrogen (secondary N) is 1. The lowest BCUT2D eigenvalue weighted by Gasteiger charge is -2.36. The van der Waals surface area contributed by atoms with Gasteiger partial charge in [-0.25, -0.2) is 0 Å². The predicted molar refractivity (Wildman–Crippen MR) is 78.3 cm³/mol. The van der Waals surface area contributed by atoms with Crippen molar-refractivity contribution in [1.82, 2.24) is 5.32 Å². The van der Waals surface area contributed by atoms with Crippen LogP contribution in [0.3, 0.4) is 0 Å². The zero-order chi connectivity index (χ0) is 14.6. The van der Waals surface area contributed by atoms with Gasteiger partial charge in [0.2, 0.25) is 11.8 Å². The minimum absolute atomic E-state index is 0.0616. The monoisotopic (exact) mass is 285 g/mol. The van der Waals surface area contributed by atoms with Crippen molar-refractivity contribution >= 4 is 29.0 Å². The van der Waals surface area contributed by atoms with Gasteiger partial charge < -0.3 is 16.8 Å². The minimum Gasteiger partial charge on any atom is -0.392 e. The molecule has 5 N–H and O–H groups in total. The smallest absolute Gasteiger partial charge is 0.240 e. The molecule has 108 valence electrons. The molecule has 6 heteroatoms. The molecule has 1 atom stereocenters. The summed E-state index contributed by atoms with van der Waals surface area (Å²) < 4.78 is 0. The molecule has 0 aliphatic heterocycles. The topological polar surface area (TPSA) is 98.2 Å². The summed E-state index contributed by atoms with van der Waals surface area (Å²) in [4.78, 5) is 24.1. The zero-order valence-electron chi connectivity index (χ0n) is 11.6. The molecule has 0 heterocycles. The minimum atomic E-state index is -0.809. The van der Waals surface area contributed by atoms with Gasteiger partial charge in [0.1, 0.15) is 6.04 Å². The van der Waals surface area contributed by atoms with Gasteiger partial charge >= 0.3 is 0 Å². The zero-order valence-corrected chi connectivity index (χ0v) is 12.4. The lowest BCUT2D eigenvalue weighted by Crippen LogP contribution is -2.56. The number of thiocarbonyl (C=S) groups is 1. The van der Waals surface area contributed by atoms with Gasteiger partial charge in [-0.05, 0) is 18.8 Å². The van der Waals surface area contributed by atoms with E-state index in [0.717, 1.165) is 19.3 Å². The number of carbonyl (C=O) groups excluding carboxylic acids is 2. The third-order valence-corrected chi connectivity index (χ3v) is 4.26. The molecule has 1 fully saturated rings. The van der Waals surface area contributed by atoms with Gasteiger partial charge in [0.15, 0.2) is 0 Å². The summed E-state index contributed by atoms with van der Waals surface area (Å²) in [6.45, 7) is 3.67. The Morgan fingerprint density at radius 2 is 1.68 bits per heavy atom. The van der Waals surface area contributed by atoms with Gasteiger partial charge in [0, 0.05) is 0 Å². The van der Waals surface area contributed by atoms with Crippen molar-refractivity contribution in [2.24, 2.45) is 22.8 Å². The number of amides is 2. The first kappa shape index (κ1) is 15.9. The molecule has 0 aromatic rings. The maximum atomic E-state index is 12.5. The molecule has 1 aliphatic carbocycles. The van der Waals surface area contributed by atoms with Crippen LogP contribution in [0.1, 0.15) is 46.0 Å². The average molecular weight is 285 g/mol. The van der Waals surface area contributed by atoms with Gasteiger partial charge in [0.25, 0.3) is 0 Å². The Bertz CT molecular complexity index is 376. The number of rotatable bonds is 5. The molecule has 0 saturated heterocycles.